The van der Waals surface area contributed by atoms with E-state index in [1.165, 1.54) is 11.6 Å². The topological polar surface area (TPSA) is 26.0 Å². The second kappa shape index (κ2) is 5.49. The van der Waals surface area contributed by atoms with Gasteiger partial charge in [0.25, 0.3) is 0 Å². The first-order chi connectivity index (χ1) is 9.40. The van der Waals surface area contributed by atoms with Crippen LogP contribution in [0.25, 0.3) is 16.7 Å². The van der Waals surface area contributed by atoms with Gasteiger partial charge in [-0.2, -0.15) is 0 Å². The van der Waals surface area contributed by atoms with Gasteiger partial charge in [0.1, 0.15) is 5.82 Å². The molecule has 0 aliphatic heterocycles. The van der Waals surface area contributed by atoms with Gasteiger partial charge in [-0.15, -0.1) is 0 Å². The molecule has 0 aliphatic rings. The van der Waals surface area contributed by atoms with Crippen molar-refractivity contribution in [3.05, 3.63) is 59.9 Å². The van der Waals surface area contributed by atoms with Gasteiger partial charge in [0.05, 0.1) is 0 Å². The van der Waals surface area contributed by atoms with Gasteiger partial charge in [-0.05, 0) is 41.7 Å². The maximum Gasteiger partial charge on any atom is 0.131 e. The number of nitrogens with two attached hydrogens (primary N) is 1. The Labute approximate surface area is 119 Å². The molecule has 2 aromatic carbocycles. The minimum Gasteiger partial charge on any atom is -0.398 e. The average Bonchev–Trinajstić information content (AvgIpc) is 2.40. The first-order valence-electron chi connectivity index (χ1n) is 6.75. The summed E-state index contributed by atoms with van der Waals surface area (Å²) in [5, 5.41) is 0. The lowest BCUT2D eigenvalue weighted by Crippen LogP contribution is -1.96. The summed E-state index contributed by atoms with van der Waals surface area (Å²) in [6, 6.07) is 11.2. The Hall–Kier alpha value is -2.09. The van der Waals surface area contributed by atoms with Crippen molar-refractivity contribution in [2.45, 2.75) is 26.7 Å². The maximum atomic E-state index is 14.1. The van der Waals surface area contributed by atoms with E-state index in [0.717, 1.165) is 11.1 Å². The van der Waals surface area contributed by atoms with E-state index in [4.69, 9.17) is 5.73 Å². The number of hydrogen-bond acceptors (Lipinski definition) is 1. The van der Waals surface area contributed by atoms with Gasteiger partial charge in [0, 0.05) is 16.8 Å². The molecule has 1 nitrogen and oxygen atoms in total. The normalized spacial score (nSPS) is 10.8. The van der Waals surface area contributed by atoms with Crippen molar-refractivity contribution in [3.8, 4) is 11.1 Å². The molecule has 104 valence electrons. The summed E-state index contributed by atoms with van der Waals surface area (Å²) in [4.78, 5) is 0. The van der Waals surface area contributed by atoms with Crippen LogP contribution in [0.4, 0.5) is 10.1 Å². The zero-order valence-corrected chi connectivity index (χ0v) is 12.2. The largest absolute Gasteiger partial charge is 0.398 e. The van der Waals surface area contributed by atoms with E-state index in [9.17, 15) is 4.39 Å². The molecule has 0 unspecified atom stereocenters. The molecule has 0 bridgehead atoms. The third-order valence-corrected chi connectivity index (χ3v) is 3.46. The molecule has 0 radical (unpaired) electrons. The van der Waals surface area contributed by atoms with Gasteiger partial charge in [-0.1, -0.05) is 44.7 Å². The second-order valence-corrected chi connectivity index (χ2v) is 5.48. The van der Waals surface area contributed by atoms with E-state index in [2.05, 4.69) is 32.6 Å². The number of halogens is 1. The standard InChI is InChI=1S/C18H20FN/c1-11(2)13-6-5-7-14(8-13)16-9-17(19)15(12(3)4)10-18(16)20/h5-11H,3,20H2,1-2,4H3. The summed E-state index contributed by atoms with van der Waals surface area (Å²) in [5.74, 6) is 0.146. The molecule has 0 aromatic heterocycles. The van der Waals surface area contributed by atoms with Crippen molar-refractivity contribution in [1.82, 2.24) is 0 Å². The third kappa shape index (κ3) is 2.74. The van der Waals surface area contributed by atoms with Gasteiger partial charge in [0.15, 0.2) is 0 Å². The van der Waals surface area contributed by atoms with E-state index >= 15 is 0 Å². The van der Waals surface area contributed by atoms with Gasteiger partial charge in [-0.3, -0.25) is 0 Å². The lowest BCUT2D eigenvalue weighted by molar-refractivity contribution is 0.624. The van der Waals surface area contributed by atoms with E-state index < -0.39 is 0 Å². The number of rotatable bonds is 3. The average molecular weight is 269 g/mol. The van der Waals surface area contributed by atoms with E-state index in [0.29, 0.717) is 22.7 Å². The summed E-state index contributed by atoms with van der Waals surface area (Å²) in [6.45, 7) is 9.81. The Balaban J connectivity index is 2.56. The number of hydrogen-bond donors (Lipinski definition) is 1. The van der Waals surface area contributed by atoms with Crippen LogP contribution in [0, 0.1) is 5.82 Å². The Kier molecular flexibility index (Phi) is 3.93. The smallest absolute Gasteiger partial charge is 0.131 e. The molecular weight excluding hydrogens is 249 g/mol. The number of nitrogen functional groups attached to an aromatic ring is 1. The molecule has 0 aliphatic carbocycles. The predicted octanol–water partition coefficient (Wildman–Crippen LogP) is 5.23. The van der Waals surface area contributed by atoms with Crippen LogP contribution in [0.15, 0.2) is 43.0 Å². The maximum absolute atomic E-state index is 14.1. The van der Waals surface area contributed by atoms with Crippen molar-refractivity contribution in [1.29, 1.82) is 0 Å². The molecule has 0 saturated heterocycles. The molecule has 20 heavy (non-hydrogen) atoms. The summed E-state index contributed by atoms with van der Waals surface area (Å²) >= 11 is 0. The van der Waals surface area contributed by atoms with E-state index in [1.54, 1.807) is 13.0 Å². The number of benzene rings is 2. The molecule has 2 aromatic rings. The lowest BCUT2D eigenvalue weighted by atomic mass is 9.95. The van der Waals surface area contributed by atoms with Crippen LogP contribution in [-0.2, 0) is 0 Å². The molecule has 0 atom stereocenters. The first-order valence-corrected chi connectivity index (χ1v) is 6.75. The second-order valence-electron chi connectivity index (χ2n) is 5.48. The van der Waals surface area contributed by atoms with Crippen molar-refractivity contribution < 1.29 is 4.39 Å². The number of allylic oxidation sites excluding steroid dienone is 1. The molecule has 0 amide bonds. The van der Waals surface area contributed by atoms with Crippen molar-refractivity contribution in [2.75, 3.05) is 5.73 Å². The molecule has 2 heteroatoms. The quantitative estimate of drug-likeness (QED) is 0.758. The van der Waals surface area contributed by atoms with Crippen LogP contribution < -0.4 is 5.73 Å². The van der Waals surface area contributed by atoms with Crippen LogP contribution in [0.1, 0.15) is 37.8 Å². The van der Waals surface area contributed by atoms with E-state index in [-0.39, 0.29) is 5.82 Å². The highest BCUT2D eigenvalue weighted by molar-refractivity contribution is 5.80. The SMILES string of the molecule is C=C(C)c1cc(N)c(-c2cccc(C(C)C)c2)cc1F. The Morgan fingerprint density at radius 1 is 1.20 bits per heavy atom. The zero-order valence-electron chi connectivity index (χ0n) is 12.2. The van der Waals surface area contributed by atoms with Gasteiger partial charge >= 0.3 is 0 Å². The fourth-order valence-electron chi connectivity index (χ4n) is 2.23. The summed E-state index contributed by atoms with van der Waals surface area (Å²) < 4.78 is 14.1. The highest BCUT2D eigenvalue weighted by Gasteiger charge is 2.11. The molecule has 2 N–H and O–H groups in total. The molecule has 0 heterocycles. The van der Waals surface area contributed by atoms with Crippen molar-refractivity contribution in [3.63, 3.8) is 0 Å². The molecule has 0 spiro atoms. The van der Waals surface area contributed by atoms with Crippen LogP contribution in [0.2, 0.25) is 0 Å². The van der Waals surface area contributed by atoms with Gasteiger partial charge in [-0.25, -0.2) is 4.39 Å². The molecule has 0 fully saturated rings. The van der Waals surface area contributed by atoms with Crippen molar-refractivity contribution >= 4 is 11.3 Å². The third-order valence-electron chi connectivity index (χ3n) is 3.46. The van der Waals surface area contributed by atoms with Crippen LogP contribution >= 0.6 is 0 Å². The Morgan fingerprint density at radius 3 is 2.50 bits per heavy atom. The highest BCUT2D eigenvalue weighted by Crippen LogP contribution is 2.32. The zero-order chi connectivity index (χ0) is 14.9. The molecule has 2 rings (SSSR count). The minimum absolute atomic E-state index is 0.281. The summed E-state index contributed by atoms with van der Waals surface area (Å²) in [6.07, 6.45) is 0. The number of anilines is 1. The fraction of sp³-hybridized carbons (Fsp3) is 0.222. The van der Waals surface area contributed by atoms with Crippen molar-refractivity contribution in [2.24, 2.45) is 0 Å². The lowest BCUT2D eigenvalue weighted by Gasteiger charge is -2.12. The summed E-state index contributed by atoms with van der Waals surface area (Å²) in [7, 11) is 0. The monoisotopic (exact) mass is 269 g/mol. The summed E-state index contributed by atoms with van der Waals surface area (Å²) in [5.41, 5.74) is 10.7. The highest BCUT2D eigenvalue weighted by atomic mass is 19.1. The van der Waals surface area contributed by atoms with Crippen LogP contribution in [-0.4, -0.2) is 0 Å². The van der Waals surface area contributed by atoms with Crippen LogP contribution in [0.5, 0.6) is 0 Å². The predicted molar refractivity (Wildman–Crippen MR) is 85.0 cm³/mol. The molecule has 0 saturated carbocycles. The van der Waals surface area contributed by atoms with Gasteiger partial charge < -0.3 is 5.73 Å². The molecular formula is C18H20FN. The fourth-order valence-corrected chi connectivity index (χ4v) is 2.23. The van der Waals surface area contributed by atoms with E-state index in [1.807, 2.05) is 12.1 Å². The first kappa shape index (κ1) is 14.3. The van der Waals surface area contributed by atoms with Crippen LogP contribution in [0.3, 0.4) is 0 Å². The Bertz CT molecular complexity index is 656. The van der Waals surface area contributed by atoms with Gasteiger partial charge in [0.2, 0.25) is 0 Å². The minimum atomic E-state index is -0.281. The Morgan fingerprint density at radius 2 is 1.90 bits per heavy atom.